The Hall–Kier alpha value is -6.63. The molecule has 0 aliphatic carbocycles. The molecule has 7 aromatic carbocycles. The first kappa shape index (κ1) is 28.2. The van der Waals surface area contributed by atoms with Gasteiger partial charge in [0, 0.05) is 52.8 Å². The molecule has 0 saturated carbocycles. The third-order valence-electron chi connectivity index (χ3n) is 9.88. The fourth-order valence-electron chi connectivity index (χ4n) is 7.54. The van der Waals surface area contributed by atoms with Gasteiger partial charge in [-0.05, 0) is 53.6 Å². The standard InChI is InChI=1S/C45H26N4OS/c1-2-11-27(12-3-1)43-46-44(48-45(47-43)49-36-17-7-4-13-30(36)31-14-5-8-18-37(31)49)34-16-10-19-39-42(34)35-25-28(22-24-38(35)50-39)29-21-23-33-32-15-6-9-20-40(32)51-41(33)26-29/h1-26H. The summed E-state index contributed by atoms with van der Waals surface area (Å²) >= 11 is 1.84. The molecule has 238 valence electrons. The average Bonchev–Trinajstić information content (AvgIpc) is 3.87. The summed E-state index contributed by atoms with van der Waals surface area (Å²) < 4.78 is 11.2. The summed E-state index contributed by atoms with van der Waals surface area (Å²) in [5, 5.41) is 6.91. The van der Waals surface area contributed by atoms with Crippen LogP contribution in [0.4, 0.5) is 0 Å². The maximum absolute atomic E-state index is 6.47. The first-order valence-corrected chi connectivity index (χ1v) is 17.8. The fraction of sp³-hybridized carbons (Fsp3) is 0. The lowest BCUT2D eigenvalue weighted by Gasteiger charge is -2.11. The molecule has 0 N–H and O–H groups in total. The number of thiophene rings is 1. The van der Waals surface area contributed by atoms with Crippen molar-refractivity contribution in [2.75, 3.05) is 0 Å². The molecule has 11 aromatic rings. The highest BCUT2D eigenvalue weighted by Crippen LogP contribution is 2.41. The van der Waals surface area contributed by atoms with Gasteiger partial charge >= 0.3 is 0 Å². The van der Waals surface area contributed by atoms with Gasteiger partial charge in [-0.25, -0.2) is 4.98 Å². The van der Waals surface area contributed by atoms with Gasteiger partial charge in [0.25, 0.3) is 0 Å². The minimum atomic E-state index is 0.568. The SMILES string of the molecule is c1ccc(-c2nc(-c3cccc4oc5ccc(-c6ccc7c(c6)sc6ccccc67)cc5c34)nc(-n3c4ccccc4c4ccccc43)n2)cc1. The van der Waals surface area contributed by atoms with Crippen LogP contribution in [-0.2, 0) is 0 Å². The van der Waals surface area contributed by atoms with E-state index in [9.17, 15) is 0 Å². The molecule has 0 radical (unpaired) electrons. The maximum atomic E-state index is 6.47. The summed E-state index contributed by atoms with van der Waals surface area (Å²) in [4.78, 5) is 15.5. The van der Waals surface area contributed by atoms with E-state index in [1.54, 1.807) is 0 Å². The van der Waals surface area contributed by atoms with Crippen LogP contribution in [0.25, 0.3) is 104 Å². The van der Waals surface area contributed by atoms with Gasteiger partial charge in [-0.2, -0.15) is 9.97 Å². The summed E-state index contributed by atoms with van der Waals surface area (Å²) in [7, 11) is 0. The molecule has 0 atom stereocenters. The number of hydrogen-bond donors (Lipinski definition) is 0. The molecule has 5 nitrogen and oxygen atoms in total. The van der Waals surface area contributed by atoms with Crippen molar-refractivity contribution >= 4 is 75.3 Å². The van der Waals surface area contributed by atoms with Crippen LogP contribution < -0.4 is 0 Å². The zero-order valence-electron chi connectivity index (χ0n) is 27.1. The molecule has 51 heavy (non-hydrogen) atoms. The Kier molecular flexibility index (Phi) is 6.05. The Labute approximate surface area is 295 Å². The van der Waals surface area contributed by atoms with Crippen LogP contribution >= 0.6 is 11.3 Å². The third kappa shape index (κ3) is 4.37. The molecule has 0 aliphatic rings. The monoisotopic (exact) mass is 670 g/mol. The number of hydrogen-bond acceptors (Lipinski definition) is 5. The van der Waals surface area contributed by atoms with Gasteiger partial charge < -0.3 is 4.42 Å². The van der Waals surface area contributed by atoms with E-state index in [-0.39, 0.29) is 0 Å². The lowest BCUT2D eigenvalue weighted by atomic mass is 9.99. The molecular weight excluding hydrogens is 645 g/mol. The van der Waals surface area contributed by atoms with E-state index < -0.39 is 0 Å². The van der Waals surface area contributed by atoms with E-state index in [0.717, 1.165) is 60.4 Å². The molecule has 4 aromatic heterocycles. The Balaban J connectivity index is 1.15. The highest BCUT2D eigenvalue weighted by Gasteiger charge is 2.20. The van der Waals surface area contributed by atoms with Crippen LogP contribution in [0, 0.1) is 0 Å². The quantitative estimate of drug-likeness (QED) is 0.187. The van der Waals surface area contributed by atoms with Crippen molar-refractivity contribution in [2.45, 2.75) is 0 Å². The minimum absolute atomic E-state index is 0.568. The normalized spacial score (nSPS) is 11.9. The van der Waals surface area contributed by atoms with Gasteiger partial charge in [0.2, 0.25) is 5.95 Å². The number of para-hydroxylation sites is 2. The van der Waals surface area contributed by atoms with E-state index in [1.165, 1.54) is 25.7 Å². The largest absolute Gasteiger partial charge is 0.456 e. The summed E-state index contributed by atoms with van der Waals surface area (Å²) in [6, 6.07) is 55.0. The number of rotatable bonds is 4. The van der Waals surface area contributed by atoms with Crippen molar-refractivity contribution in [3.8, 4) is 39.9 Å². The molecular formula is C45H26N4OS. The second-order valence-electron chi connectivity index (χ2n) is 12.8. The number of benzene rings is 7. The van der Waals surface area contributed by atoms with Gasteiger partial charge in [-0.15, -0.1) is 11.3 Å². The Morgan fingerprint density at radius 1 is 0.431 bits per heavy atom. The number of nitrogens with zero attached hydrogens (tertiary/aromatic N) is 4. The van der Waals surface area contributed by atoms with Crippen molar-refractivity contribution in [2.24, 2.45) is 0 Å². The van der Waals surface area contributed by atoms with Gasteiger partial charge in [0.1, 0.15) is 11.2 Å². The average molecular weight is 671 g/mol. The molecule has 4 heterocycles. The maximum Gasteiger partial charge on any atom is 0.238 e. The lowest BCUT2D eigenvalue weighted by molar-refractivity contribution is 0.669. The number of furan rings is 1. The Bertz CT molecular complexity index is 3100. The van der Waals surface area contributed by atoms with E-state index in [4.69, 9.17) is 19.4 Å². The summed E-state index contributed by atoms with van der Waals surface area (Å²) in [5.74, 6) is 1.77. The molecule has 0 bridgehead atoms. The van der Waals surface area contributed by atoms with Gasteiger partial charge in [0.15, 0.2) is 11.6 Å². The Morgan fingerprint density at radius 2 is 1.10 bits per heavy atom. The van der Waals surface area contributed by atoms with Crippen molar-refractivity contribution in [3.63, 3.8) is 0 Å². The van der Waals surface area contributed by atoms with Crippen LogP contribution in [0.5, 0.6) is 0 Å². The van der Waals surface area contributed by atoms with Gasteiger partial charge in [0.05, 0.1) is 11.0 Å². The second-order valence-corrected chi connectivity index (χ2v) is 13.9. The van der Waals surface area contributed by atoms with Crippen molar-refractivity contribution < 1.29 is 4.42 Å². The molecule has 11 rings (SSSR count). The predicted molar refractivity (Wildman–Crippen MR) is 211 cm³/mol. The fourth-order valence-corrected chi connectivity index (χ4v) is 8.68. The topological polar surface area (TPSA) is 56.7 Å². The molecule has 0 saturated heterocycles. The Morgan fingerprint density at radius 3 is 1.92 bits per heavy atom. The third-order valence-corrected chi connectivity index (χ3v) is 11.0. The molecule has 0 unspecified atom stereocenters. The molecule has 0 spiro atoms. The lowest BCUT2D eigenvalue weighted by Crippen LogP contribution is -2.06. The minimum Gasteiger partial charge on any atom is -0.456 e. The van der Waals surface area contributed by atoms with Crippen molar-refractivity contribution in [1.82, 2.24) is 19.5 Å². The van der Waals surface area contributed by atoms with E-state index in [0.29, 0.717) is 17.6 Å². The summed E-state index contributed by atoms with van der Waals surface area (Å²) in [6.45, 7) is 0. The highest BCUT2D eigenvalue weighted by atomic mass is 32.1. The van der Waals surface area contributed by atoms with Crippen LogP contribution in [0.3, 0.4) is 0 Å². The zero-order chi connectivity index (χ0) is 33.5. The van der Waals surface area contributed by atoms with Crippen LogP contribution in [0.1, 0.15) is 0 Å². The van der Waals surface area contributed by atoms with E-state index >= 15 is 0 Å². The van der Waals surface area contributed by atoms with Gasteiger partial charge in [-0.1, -0.05) is 115 Å². The second kappa shape index (κ2) is 10.9. The van der Waals surface area contributed by atoms with E-state index in [1.807, 2.05) is 53.8 Å². The van der Waals surface area contributed by atoms with Crippen LogP contribution in [0.2, 0.25) is 0 Å². The molecule has 0 aliphatic heterocycles. The smallest absolute Gasteiger partial charge is 0.238 e. The highest BCUT2D eigenvalue weighted by molar-refractivity contribution is 7.25. The zero-order valence-corrected chi connectivity index (χ0v) is 27.9. The molecule has 0 amide bonds. The summed E-state index contributed by atoms with van der Waals surface area (Å²) in [6.07, 6.45) is 0. The number of aromatic nitrogens is 4. The van der Waals surface area contributed by atoms with Gasteiger partial charge in [-0.3, -0.25) is 4.57 Å². The summed E-state index contributed by atoms with van der Waals surface area (Å²) in [5.41, 5.74) is 7.82. The number of fused-ring (bicyclic) bond motifs is 9. The van der Waals surface area contributed by atoms with Crippen molar-refractivity contribution in [1.29, 1.82) is 0 Å². The first-order valence-electron chi connectivity index (χ1n) is 16.9. The van der Waals surface area contributed by atoms with E-state index in [2.05, 4.69) is 120 Å². The van der Waals surface area contributed by atoms with Crippen LogP contribution in [-0.4, -0.2) is 19.5 Å². The van der Waals surface area contributed by atoms with Crippen molar-refractivity contribution in [3.05, 3.63) is 158 Å². The predicted octanol–water partition coefficient (Wildman–Crippen LogP) is 12.2. The first-order chi connectivity index (χ1) is 25.3. The molecule has 6 heteroatoms. The molecule has 0 fully saturated rings. The van der Waals surface area contributed by atoms with Crippen LogP contribution in [0.15, 0.2) is 162 Å².